The van der Waals surface area contributed by atoms with Crippen molar-refractivity contribution in [3.05, 3.63) is 46.8 Å². The van der Waals surface area contributed by atoms with Crippen molar-refractivity contribution in [2.24, 2.45) is 0 Å². The summed E-state index contributed by atoms with van der Waals surface area (Å²) in [6, 6.07) is 8.68. The first-order valence-corrected chi connectivity index (χ1v) is 12.3. The first-order chi connectivity index (χ1) is 15.8. The van der Waals surface area contributed by atoms with Crippen LogP contribution >= 0.6 is 0 Å². The lowest BCUT2D eigenvalue weighted by atomic mass is 10.0. The van der Waals surface area contributed by atoms with Crippen LogP contribution in [-0.4, -0.2) is 66.4 Å². The topological polar surface area (TPSA) is 73.5 Å². The molecular weight excluding hydrogens is 402 g/mol. The van der Waals surface area contributed by atoms with Crippen molar-refractivity contribution in [2.75, 3.05) is 44.3 Å². The highest BCUT2D eigenvalue weighted by atomic mass is 16.5. The number of morpholine rings is 1. The lowest BCUT2D eigenvalue weighted by Gasteiger charge is -2.34. The van der Waals surface area contributed by atoms with Crippen LogP contribution in [0, 0.1) is 0 Å². The third-order valence-electron chi connectivity index (χ3n) is 7.22. The Bertz CT molecular complexity index is 896. The van der Waals surface area contributed by atoms with Crippen molar-refractivity contribution in [1.29, 1.82) is 0 Å². The number of carbonyl (C=O) groups is 1. The highest BCUT2D eigenvalue weighted by Crippen LogP contribution is 2.24. The summed E-state index contributed by atoms with van der Waals surface area (Å²) in [5, 5.41) is 11.6. The number of hydrogen-bond acceptors (Lipinski definition) is 5. The van der Waals surface area contributed by atoms with E-state index in [9.17, 15) is 4.79 Å². The van der Waals surface area contributed by atoms with E-state index in [1.165, 1.54) is 48.3 Å². The van der Waals surface area contributed by atoms with E-state index in [0.717, 1.165) is 44.5 Å². The molecular formula is C25H35N5O2. The summed E-state index contributed by atoms with van der Waals surface area (Å²) in [4.78, 5) is 17.0. The number of rotatable bonds is 5. The number of nitrogens with zero attached hydrogens (tertiary/aromatic N) is 3. The third-order valence-corrected chi connectivity index (χ3v) is 7.22. The van der Waals surface area contributed by atoms with Gasteiger partial charge in [0.2, 0.25) is 0 Å². The number of H-pyrrole nitrogens is 1. The molecule has 1 aromatic heterocycles. The fourth-order valence-corrected chi connectivity index (χ4v) is 5.22. The number of piperidine rings is 1. The fourth-order valence-electron chi connectivity index (χ4n) is 5.22. The summed E-state index contributed by atoms with van der Waals surface area (Å²) >= 11 is 0. The lowest BCUT2D eigenvalue weighted by Crippen LogP contribution is -2.42. The molecule has 2 fully saturated rings. The molecule has 0 spiro atoms. The van der Waals surface area contributed by atoms with Crippen LogP contribution in [0.25, 0.3) is 0 Å². The van der Waals surface area contributed by atoms with Crippen LogP contribution in [0.5, 0.6) is 0 Å². The van der Waals surface area contributed by atoms with Crippen molar-refractivity contribution in [2.45, 2.75) is 57.5 Å². The number of aryl methyl sites for hydroxylation is 1. The zero-order chi connectivity index (χ0) is 21.8. The monoisotopic (exact) mass is 437 g/mol. The minimum atomic E-state index is 0.110. The maximum atomic E-state index is 12.6. The molecule has 1 amide bonds. The number of aromatic amines is 1. The van der Waals surface area contributed by atoms with E-state index in [0.29, 0.717) is 32.3 Å². The molecule has 2 aliphatic heterocycles. The van der Waals surface area contributed by atoms with Crippen molar-refractivity contribution >= 4 is 11.6 Å². The molecule has 0 unspecified atom stereocenters. The quantitative estimate of drug-likeness (QED) is 0.704. The van der Waals surface area contributed by atoms with Gasteiger partial charge < -0.3 is 19.9 Å². The number of nitrogens with one attached hydrogen (secondary N) is 2. The van der Waals surface area contributed by atoms with E-state index in [1.807, 2.05) is 17.0 Å². The predicted octanol–water partition coefficient (Wildman–Crippen LogP) is 2.91. The Morgan fingerprint density at radius 1 is 1.03 bits per heavy atom. The number of amides is 1. The molecule has 2 saturated heterocycles. The molecule has 0 atom stereocenters. The van der Waals surface area contributed by atoms with Crippen LogP contribution in [0.1, 0.15) is 59.4 Å². The van der Waals surface area contributed by atoms with Crippen LogP contribution in [0.3, 0.4) is 0 Å². The number of ether oxygens (including phenoxy) is 1. The predicted molar refractivity (Wildman–Crippen MR) is 125 cm³/mol. The van der Waals surface area contributed by atoms with Crippen molar-refractivity contribution in [1.82, 2.24) is 20.4 Å². The number of benzene rings is 1. The van der Waals surface area contributed by atoms with Gasteiger partial charge in [-0.15, -0.1) is 0 Å². The van der Waals surface area contributed by atoms with Gasteiger partial charge in [-0.1, -0.05) is 6.42 Å². The summed E-state index contributed by atoms with van der Waals surface area (Å²) in [5.74, 6) is 0.110. The second kappa shape index (κ2) is 10.0. The number of aromatic nitrogens is 2. The molecule has 5 rings (SSSR count). The molecule has 3 heterocycles. The largest absolute Gasteiger partial charge is 0.378 e. The zero-order valence-corrected chi connectivity index (χ0v) is 18.9. The summed E-state index contributed by atoms with van der Waals surface area (Å²) in [6.45, 7) is 5.57. The van der Waals surface area contributed by atoms with E-state index in [2.05, 4.69) is 32.5 Å². The fraction of sp³-hybridized carbons (Fsp3) is 0.600. The van der Waals surface area contributed by atoms with Gasteiger partial charge in [-0.25, -0.2) is 0 Å². The smallest absolute Gasteiger partial charge is 0.254 e. The molecule has 3 aliphatic rings. The third kappa shape index (κ3) is 4.84. The van der Waals surface area contributed by atoms with Crippen LogP contribution in [0.15, 0.2) is 24.3 Å². The lowest BCUT2D eigenvalue weighted by molar-refractivity contribution is 0.0303. The SMILES string of the molecule is O=C(c1ccc(N2CCC(NCc3n[nH]c4c3CCCCC4)CC2)cc1)N1CCOCC1. The number of anilines is 1. The van der Waals surface area contributed by atoms with Gasteiger partial charge in [-0.2, -0.15) is 5.10 Å². The molecule has 1 aromatic carbocycles. The normalized spacial score (nSPS) is 20.1. The van der Waals surface area contributed by atoms with Gasteiger partial charge in [0.15, 0.2) is 0 Å². The van der Waals surface area contributed by atoms with Crippen molar-refractivity contribution < 1.29 is 9.53 Å². The number of hydrogen-bond donors (Lipinski definition) is 2. The summed E-state index contributed by atoms with van der Waals surface area (Å²) in [6.07, 6.45) is 8.47. The Labute approximate surface area is 190 Å². The highest BCUT2D eigenvalue weighted by Gasteiger charge is 2.22. The van der Waals surface area contributed by atoms with E-state index in [-0.39, 0.29) is 5.91 Å². The molecule has 0 radical (unpaired) electrons. The summed E-state index contributed by atoms with van der Waals surface area (Å²) < 4.78 is 5.35. The average Bonchev–Trinajstić information content (AvgIpc) is 3.09. The van der Waals surface area contributed by atoms with Gasteiger partial charge in [0.05, 0.1) is 18.9 Å². The summed E-state index contributed by atoms with van der Waals surface area (Å²) in [5.41, 5.74) is 6.04. The minimum absolute atomic E-state index is 0.110. The maximum absolute atomic E-state index is 12.6. The molecule has 0 bridgehead atoms. The second-order valence-electron chi connectivity index (χ2n) is 9.28. The molecule has 7 heteroatoms. The Morgan fingerprint density at radius 2 is 1.78 bits per heavy atom. The highest BCUT2D eigenvalue weighted by molar-refractivity contribution is 5.94. The van der Waals surface area contributed by atoms with E-state index < -0.39 is 0 Å². The standard InChI is InChI=1S/C25H35N5O2/c31-25(30-14-16-32-17-15-30)19-6-8-21(9-7-19)29-12-10-20(11-13-29)26-18-24-22-4-2-1-3-5-23(22)27-28-24/h6-9,20,26H,1-5,10-18H2,(H,27,28). The first kappa shape index (κ1) is 21.5. The Balaban J connectivity index is 1.11. The van der Waals surface area contributed by atoms with Crippen LogP contribution < -0.4 is 10.2 Å². The van der Waals surface area contributed by atoms with E-state index in [1.54, 1.807) is 0 Å². The van der Waals surface area contributed by atoms with Crippen molar-refractivity contribution in [3.63, 3.8) is 0 Å². The van der Waals surface area contributed by atoms with E-state index in [4.69, 9.17) is 4.74 Å². The van der Waals surface area contributed by atoms with Gasteiger partial charge in [-0.05, 0) is 68.4 Å². The Kier molecular flexibility index (Phi) is 6.74. The average molecular weight is 438 g/mol. The minimum Gasteiger partial charge on any atom is -0.378 e. The van der Waals surface area contributed by atoms with Crippen LogP contribution in [-0.2, 0) is 24.1 Å². The molecule has 7 nitrogen and oxygen atoms in total. The molecule has 0 saturated carbocycles. The summed E-state index contributed by atoms with van der Waals surface area (Å²) in [7, 11) is 0. The molecule has 2 aromatic rings. The Hall–Kier alpha value is -2.38. The van der Waals surface area contributed by atoms with Gasteiger partial charge in [-0.3, -0.25) is 9.89 Å². The number of carbonyl (C=O) groups excluding carboxylic acids is 1. The van der Waals surface area contributed by atoms with Gasteiger partial charge >= 0.3 is 0 Å². The van der Waals surface area contributed by atoms with E-state index >= 15 is 0 Å². The van der Waals surface area contributed by atoms with Crippen LogP contribution in [0.4, 0.5) is 5.69 Å². The second-order valence-corrected chi connectivity index (χ2v) is 9.28. The first-order valence-electron chi connectivity index (χ1n) is 12.3. The molecule has 2 N–H and O–H groups in total. The molecule has 172 valence electrons. The maximum Gasteiger partial charge on any atom is 0.254 e. The molecule has 1 aliphatic carbocycles. The van der Waals surface area contributed by atoms with Gasteiger partial charge in [0.25, 0.3) is 5.91 Å². The van der Waals surface area contributed by atoms with Crippen molar-refractivity contribution in [3.8, 4) is 0 Å². The molecule has 32 heavy (non-hydrogen) atoms. The van der Waals surface area contributed by atoms with Gasteiger partial charge in [0.1, 0.15) is 0 Å². The van der Waals surface area contributed by atoms with Crippen LogP contribution in [0.2, 0.25) is 0 Å². The zero-order valence-electron chi connectivity index (χ0n) is 18.9. The van der Waals surface area contributed by atoms with Gasteiger partial charge in [0, 0.05) is 55.7 Å². The number of fused-ring (bicyclic) bond motifs is 1. The Morgan fingerprint density at radius 3 is 2.56 bits per heavy atom.